The monoisotopic (exact) mass is 497 g/mol. The van der Waals surface area contributed by atoms with Crippen LogP contribution in [0.15, 0.2) is 23.3 Å². The van der Waals surface area contributed by atoms with Crippen molar-refractivity contribution in [2.45, 2.75) is 104 Å². The number of ketones is 2. The zero-order chi connectivity index (χ0) is 26.3. The molecule has 3 fully saturated rings. The molecule has 36 heavy (non-hydrogen) atoms. The van der Waals surface area contributed by atoms with Crippen LogP contribution < -0.4 is 0 Å². The highest BCUT2D eigenvalue weighted by Crippen LogP contribution is 2.66. The van der Waals surface area contributed by atoms with Gasteiger partial charge in [-0.05, 0) is 107 Å². The number of hydroxylamine groups is 2. The highest BCUT2D eigenvalue weighted by atomic mass is 16.5. The summed E-state index contributed by atoms with van der Waals surface area (Å²) in [6.07, 6.45) is 11.5. The Morgan fingerprint density at radius 2 is 1.72 bits per heavy atom. The largest absolute Gasteiger partial charge is 0.454 e. The summed E-state index contributed by atoms with van der Waals surface area (Å²) in [5.74, 6) is 1.43. The van der Waals surface area contributed by atoms with Crippen LogP contribution >= 0.6 is 0 Å². The molecule has 1 aliphatic heterocycles. The summed E-state index contributed by atoms with van der Waals surface area (Å²) < 4.78 is 5.57. The normalized spacial score (nSPS) is 41.0. The number of allylic oxidation sites excluding steroid dienone is 1. The number of hydrogen-bond donors (Lipinski definition) is 1. The van der Waals surface area contributed by atoms with Gasteiger partial charge in [0.2, 0.25) is 0 Å². The summed E-state index contributed by atoms with van der Waals surface area (Å²) >= 11 is 0. The van der Waals surface area contributed by atoms with Gasteiger partial charge in [-0.15, -0.1) is 0 Å². The van der Waals surface area contributed by atoms with Crippen LogP contribution in [-0.2, 0) is 19.1 Å². The van der Waals surface area contributed by atoms with Crippen molar-refractivity contribution < 1.29 is 24.3 Å². The van der Waals surface area contributed by atoms with E-state index >= 15 is 0 Å². The smallest absolute Gasteiger partial charge is 0.336 e. The Kier molecular flexibility index (Phi) is 6.00. The number of ether oxygens (including phenoxy) is 1. The summed E-state index contributed by atoms with van der Waals surface area (Å²) in [7, 11) is 0. The molecule has 0 unspecified atom stereocenters. The lowest BCUT2D eigenvalue weighted by Gasteiger charge is -2.58. The van der Waals surface area contributed by atoms with Crippen LogP contribution in [0.5, 0.6) is 0 Å². The van der Waals surface area contributed by atoms with E-state index < -0.39 is 17.0 Å². The number of carbonyl (C=O) groups excluding carboxylic acids is 3. The lowest BCUT2D eigenvalue weighted by molar-refractivity contribution is -0.187. The maximum Gasteiger partial charge on any atom is 0.336 e. The van der Waals surface area contributed by atoms with Crippen molar-refractivity contribution in [1.82, 2.24) is 5.06 Å². The van der Waals surface area contributed by atoms with Gasteiger partial charge in [0.1, 0.15) is 0 Å². The first-order chi connectivity index (χ1) is 16.7. The molecule has 3 saturated carbocycles. The van der Waals surface area contributed by atoms with Crippen LogP contribution in [0.3, 0.4) is 0 Å². The van der Waals surface area contributed by atoms with E-state index in [4.69, 9.17) is 4.74 Å². The molecule has 4 aliphatic carbocycles. The molecule has 0 saturated heterocycles. The molecule has 0 aromatic rings. The lowest BCUT2D eigenvalue weighted by Crippen LogP contribution is -2.51. The van der Waals surface area contributed by atoms with Crippen molar-refractivity contribution in [3.8, 4) is 0 Å². The van der Waals surface area contributed by atoms with Gasteiger partial charge in [0.15, 0.2) is 18.2 Å². The van der Waals surface area contributed by atoms with E-state index in [0.717, 1.165) is 44.9 Å². The molecule has 0 aromatic carbocycles. The summed E-state index contributed by atoms with van der Waals surface area (Å²) in [5, 5.41) is 11.7. The van der Waals surface area contributed by atoms with Crippen molar-refractivity contribution in [3.63, 3.8) is 0 Å². The summed E-state index contributed by atoms with van der Waals surface area (Å²) in [5.41, 5.74) is 0.290. The van der Waals surface area contributed by atoms with Crippen molar-refractivity contribution in [2.75, 3.05) is 6.61 Å². The third kappa shape index (κ3) is 3.69. The van der Waals surface area contributed by atoms with Gasteiger partial charge in [-0.25, -0.2) is 4.79 Å². The second kappa shape index (κ2) is 8.36. The third-order valence-electron chi connectivity index (χ3n) is 11.1. The van der Waals surface area contributed by atoms with Gasteiger partial charge in [-0.1, -0.05) is 25.5 Å². The Morgan fingerprint density at radius 1 is 1.00 bits per heavy atom. The quantitative estimate of drug-likeness (QED) is 0.521. The number of carbonyl (C=O) groups is 3. The SMILES string of the molecule is CC1(C)C=C(C(=O)OCC(=O)[C@H]2CC[C@H]3[C@@H]4CCC5=CC(=O)CC[C@]5(C)[C@H]4CC[C@]23C)C(C)(C)N1O. The Labute approximate surface area is 215 Å². The summed E-state index contributed by atoms with van der Waals surface area (Å²) in [4.78, 5) is 38.5. The van der Waals surface area contributed by atoms with Gasteiger partial charge in [-0.2, -0.15) is 5.06 Å². The van der Waals surface area contributed by atoms with E-state index in [1.807, 2.05) is 19.9 Å². The van der Waals surface area contributed by atoms with Crippen molar-refractivity contribution >= 4 is 17.5 Å². The molecule has 0 aromatic heterocycles. The van der Waals surface area contributed by atoms with Crippen molar-refractivity contribution in [2.24, 2.45) is 34.5 Å². The molecule has 198 valence electrons. The fraction of sp³-hybridized carbons (Fsp3) is 0.767. The highest BCUT2D eigenvalue weighted by molar-refractivity contribution is 5.94. The fourth-order valence-electron chi connectivity index (χ4n) is 9.14. The minimum Gasteiger partial charge on any atom is -0.454 e. The second-order valence-electron chi connectivity index (χ2n) is 13.8. The predicted octanol–water partition coefficient (Wildman–Crippen LogP) is 5.44. The molecule has 0 bridgehead atoms. The van der Waals surface area contributed by atoms with Crippen LogP contribution in [0.25, 0.3) is 0 Å². The van der Waals surface area contributed by atoms with Crippen LogP contribution in [0.1, 0.15) is 92.9 Å². The van der Waals surface area contributed by atoms with Crippen LogP contribution in [0.2, 0.25) is 0 Å². The van der Waals surface area contributed by atoms with Crippen molar-refractivity contribution in [1.29, 1.82) is 0 Å². The third-order valence-corrected chi connectivity index (χ3v) is 11.1. The van der Waals surface area contributed by atoms with Gasteiger partial charge < -0.3 is 9.94 Å². The first-order valence-corrected chi connectivity index (χ1v) is 13.9. The van der Waals surface area contributed by atoms with E-state index in [2.05, 4.69) is 13.8 Å². The molecular formula is C30H43NO5. The number of nitrogens with zero attached hydrogens (tertiary/aromatic N) is 1. The van der Waals surface area contributed by atoms with Crippen molar-refractivity contribution in [3.05, 3.63) is 23.3 Å². The van der Waals surface area contributed by atoms with Gasteiger partial charge in [-0.3, -0.25) is 9.59 Å². The minimum atomic E-state index is -0.874. The zero-order valence-corrected chi connectivity index (χ0v) is 22.9. The second-order valence-corrected chi connectivity index (χ2v) is 13.8. The van der Waals surface area contributed by atoms with Crippen LogP contribution in [0.4, 0.5) is 0 Å². The molecule has 1 heterocycles. The van der Waals surface area contributed by atoms with E-state index in [0.29, 0.717) is 29.7 Å². The molecule has 6 nitrogen and oxygen atoms in total. The van der Waals surface area contributed by atoms with Gasteiger partial charge in [0.25, 0.3) is 0 Å². The Morgan fingerprint density at radius 3 is 2.39 bits per heavy atom. The molecule has 0 radical (unpaired) electrons. The minimum absolute atomic E-state index is 0.0363. The molecule has 0 amide bonds. The molecule has 5 aliphatic rings. The van der Waals surface area contributed by atoms with Crippen LogP contribution in [0, 0.1) is 34.5 Å². The summed E-state index contributed by atoms with van der Waals surface area (Å²) in [6.45, 7) is 11.7. The number of esters is 1. The number of Topliss-reactive ketones (excluding diaryl/α,β-unsaturated/α-hetero) is 1. The molecule has 5 rings (SSSR count). The molecule has 6 atom stereocenters. The highest BCUT2D eigenvalue weighted by Gasteiger charge is 2.60. The van der Waals surface area contributed by atoms with Gasteiger partial charge in [0.05, 0.1) is 16.7 Å². The Balaban J connectivity index is 1.27. The first kappa shape index (κ1) is 25.8. The van der Waals surface area contributed by atoms with E-state index in [1.165, 1.54) is 10.6 Å². The maximum absolute atomic E-state index is 13.5. The molecule has 6 heteroatoms. The predicted molar refractivity (Wildman–Crippen MR) is 136 cm³/mol. The Bertz CT molecular complexity index is 1050. The van der Waals surface area contributed by atoms with Crippen LogP contribution in [-0.4, -0.2) is 45.5 Å². The number of rotatable bonds is 4. The fourth-order valence-corrected chi connectivity index (χ4v) is 9.14. The zero-order valence-electron chi connectivity index (χ0n) is 22.9. The standard InChI is InChI=1S/C30H43NO5/c1-27(2)16-24(28(3,4)31(27)35)26(34)36-17-25(33)23-10-9-21-20-8-7-18-15-19(32)11-13-29(18,5)22(20)12-14-30(21,23)6/h15-16,20-23,35H,7-14,17H2,1-6H3/t20-,21-,22-,23+,29-,30-/m0/s1. The molecule has 1 N–H and O–H groups in total. The van der Waals surface area contributed by atoms with E-state index in [1.54, 1.807) is 19.9 Å². The number of fused-ring (bicyclic) bond motifs is 5. The molecular weight excluding hydrogens is 454 g/mol. The van der Waals surface area contributed by atoms with E-state index in [-0.39, 0.29) is 34.9 Å². The first-order valence-electron chi connectivity index (χ1n) is 13.9. The topological polar surface area (TPSA) is 83.9 Å². The maximum atomic E-state index is 13.5. The van der Waals surface area contributed by atoms with Gasteiger partial charge >= 0.3 is 5.97 Å². The average Bonchev–Trinajstić information content (AvgIpc) is 3.25. The average molecular weight is 498 g/mol. The lowest BCUT2D eigenvalue weighted by atomic mass is 9.46. The van der Waals surface area contributed by atoms with E-state index in [9.17, 15) is 19.6 Å². The van der Waals surface area contributed by atoms with Gasteiger partial charge in [0, 0.05) is 12.3 Å². The number of hydrogen-bond acceptors (Lipinski definition) is 6. The summed E-state index contributed by atoms with van der Waals surface area (Å²) in [6, 6.07) is 0. The Hall–Kier alpha value is -1.79. The molecule has 0 spiro atoms.